The molecule has 0 unspecified atom stereocenters. The normalized spacial score (nSPS) is 16.6. The molecule has 1 fully saturated rings. The third-order valence-electron chi connectivity index (χ3n) is 5.06. The van der Waals surface area contributed by atoms with Crippen molar-refractivity contribution in [1.82, 2.24) is 15.0 Å². The second-order valence-electron chi connectivity index (χ2n) is 7.16. The van der Waals surface area contributed by atoms with Crippen molar-refractivity contribution in [3.05, 3.63) is 77.2 Å². The number of carbonyl (C=O) groups is 1. The maximum Gasteiger partial charge on any atom is 0.276 e. The lowest BCUT2D eigenvalue weighted by atomic mass is 9.95. The van der Waals surface area contributed by atoms with Crippen molar-refractivity contribution in [2.45, 2.75) is 38.8 Å². The van der Waals surface area contributed by atoms with Gasteiger partial charge < -0.3 is 14.2 Å². The summed E-state index contributed by atoms with van der Waals surface area (Å²) in [5.41, 5.74) is 2.08. The highest BCUT2D eigenvalue weighted by Crippen LogP contribution is 2.32. The Labute approximate surface area is 168 Å². The van der Waals surface area contributed by atoms with E-state index in [0.717, 1.165) is 30.5 Å². The molecule has 1 aromatic carbocycles. The van der Waals surface area contributed by atoms with Gasteiger partial charge in [0.15, 0.2) is 11.5 Å². The van der Waals surface area contributed by atoms with E-state index in [1.807, 2.05) is 19.1 Å². The number of benzene rings is 1. The molecule has 0 aliphatic carbocycles. The number of hydrogen-bond donors (Lipinski definition) is 0. The van der Waals surface area contributed by atoms with Gasteiger partial charge in [-0.05, 0) is 56.0 Å². The molecular weight excluding hydrogens is 373 g/mol. The number of aryl methyl sites for hydroxylation is 1. The molecule has 0 N–H and O–H groups in total. The van der Waals surface area contributed by atoms with Crippen molar-refractivity contribution in [2.24, 2.45) is 0 Å². The van der Waals surface area contributed by atoms with Gasteiger partial charge in [-0.25, -0.2) is 4.39 Å². The number of likely N-dealkylation sites (tertiary alicyclic amines) is 1. The molecule has 1 aliphatic heterocycles. The Hall–Kier alpha value is -3.22. The number of hydrogen-bond acceptors (Lipinski definition) is 5. The van der Waals surface area contributed by atoms with Crippen LogP contribution < -0.4 is 4.74 Å². The minimum absolute atomic E-state index is 0.0908. The second kappa shape index (κ2) is 8.43. The minimum Gasteiger partial charge on any atom is -0.484 e. The lowest BCUT2D eigenvalue weighted by Gasteiger charge is -2.35. The van der Waals surface area contributed by atoms with Gasteiger partial charge in [-0.1, -0.05) is 17.3 Å². The van der Waals surface area contributed by atoms with Gasteiger partial charge in [0.25, 0.3) is 5.91 Å². The van der Waals surface area contributed by atoms with E-state index in [-0.39, 0.29) is 30.1 Å². The average Bonchev–Trinajstić information content (AvgIpc) is 3.22. The number of ether oxygens (including phenoxy) is 1. The molecule has 3 aromatic rings. The lowest BCUT2D eigenvalue weighted by molar-refractivity contribution is 0.0600. The third-order valence-corrected chi connectivity index (χ3v) is 5.06. The SMILES string of the molecule is Cc1ccc(OCc2cc(C(=O)N3CCCC[C@@H]3c3ccc(F)cc3)no2)cn1. The molecule has 0 radical (unpaired) electrons. The lowest BCUT2D eigenvalue weighted by Crippen LogP contribution is -2.38. The molecule has 1 atom stereocenters. The Bertz CT molecular complexity index is 970. The number of halogens is 1. The Kier molecular flexibility index (Phi) is 5.55. The highest BCUT2D eigenvalue weighted by Gasteiger charge is 2.30. The van der Waals surface area contributed by atoms with Crippen LogP contribution in [-0.4, -0.2) is 27.5 Å². The van der Waals surface area contributed by atoms with Gasteiger partial charge in [-0.3, -0.25) is 9.78 Å². The van der Waals surface area contributed by atoms with Crippen LogP contribution >= 0.6 is 0 Å². The molecular formula is C22H22FN3O3. The molecule has 6 nitrogen and oxygen atoms in total. The maximum absolute atomic E-state index is 13.3. The highest BCUT2D eigenvalue weighted by atomic mass is 19.1. The number of rotatable bonds is 5. The van der Waals surface area contributed by atoms with E-state index in [1.54, 1.807) is 29.3 Å². The fraction of sp³-hybridized carbons (Fsp3) is 0.318. The molecule has 1 aliphatic rings. The van der Waals surface area contributed by atoms with E-state index >= 15 is 0 Å². The summed E-state index contributed by atoms with van der Waals surface area (Å²) in [7, 11) is 0. The molecule has 1 saturated heterocycles. The van der Waals surface area contributed by atoms with Gasteiger partial charge in [0.05, 0.1) is 12.2 Å². The number of nitrogens with zero attached hydrogens (tertiary/aromatic N) is 3. The summed E-state index contributed by atoms with van der Waals surface area (Å²) in [6.07, 6.45) is 4.43. The van der Waals surface area contributed by atoms with Crippen LogP contribution in [0, 0.1) is 12.7 Å². The van der Waals surface area contributed by atoms with Crippen LogP contribution in [0.2, 0.25) is 0 Å². The van der Waals surface area contributed by atoms with Crippen LogP contribution in [0.25, 0.3) is 0 Å². The monoisotopic (exact) mass is 395 g/mol. The van der Waals surface area contributed by atoms with Crippen molar-refractivity contribution in [2.75, 3.05) is 6.54 Å². The predicted molar refractivity (Wildman–Crippen MR) is 104 cm³/mol. The summed E-state index contributed by atoms with van der Waals surface area (Å²) >= 11 is 0. The standard InChI is InChI=1S/C22H22FN3O3/c1-15-5-10-18(13-24-15)28-14-19-12-20(25-29-19)22(27)26-11-3-2-4-21(26)16-6-8-17(23)9-7-16/h5-10,12-13,21H,2-4,11,14H2,1H3/t21-/m1/s1. The molecule has 0 saturated carbocycles. The maximum atomic E-state index is 13.3. The van der Waals surface area contributed by atoms with Crippen LogP contribution in [0.15, 0.2) is 53.2 Å². The van der Waals surface area contributed by atoms with Gasteiger partial charge >= 0.3 is 0 Å². The van der Waals surface area contributed by atoms with Gasteiger partial charge in [0, 0.05) is 18.3 Å². The van der Waals surface area contributed by atoms with E-state index in [0.29, 0.717) is 18.1 Å². The predicted octanol–water partition coefficient (Wildman–Crippen LogP) is 4.46. The third kappa shape index (κ3) is 4.45. The second-order valence-corrected chi connectivity index (χ2v) is 7.16. The van der Waals surface area contributed by atoms with Gasteiger partial charge in [0.2, 0.25) is 0 Å². The number of amides is 1. The fourth-order valence-electron chi connectivity index (χ4n) is 3.53. The van der Waals surface area contributed by atoms with Crippen molar-refractivity contribution < 1.29 is 18.4 Å². The summed E-state index contributed by atoms with van der Waals surface area (Å²) in [6.45, 7) is 2.69. The van der Waals surface area contributed by atoms with Crippen molar-refractivity contribution in [1.29, 1.82) is 0 Å². The Morgan fingerprint density at radius 3 is 2.83 bits per heavy atom. The van der Waals surface area contributed by atoms with Crippen LogP contribution in [0.1, 0.15) is 52.8 Å². The minimum atomic E-state index is -0.285. The molecule has 29 heavy (non-hydrogen) atoms. The van der Waals surface area contributed by atoms with Crippen LogP contribution in [-0.2, 0) is 6.61 Å². The molecule has 4 rings (SSSR count). The largest absolute Gasteiger partial charge is 0.484 e. The zero-order valence-corrected chi connectivity index (χ0v) is 16.2. The summed E-state index contributed by atoms with van der Waals surface area (Å²) in [5.74, 6) is 0.606. The molecule has 3 heterocycles. The molecule has 2 aromatic heterocycles. The highest BCUT2D eigenvalue weighted by molar-refractivity contribution is 5.92. The smallest absolute Gasteiger partial charge is 0.276 e. The van der Waals surface area contributed by atoms with Gasteiger partial charge in [-0.15, -0.1) is 0 Å². The number of pyridine rings is 1. The molecule has 1 amide bonds. The first kappa shape index (κ1) is 19.1. The first-order valence-corrected chi connectivity index (χ1v) is 9.67. The van der Waals surface area contributed by atoms with Crippen molar-refractivity contribution in [3.8, 4) is 5.75 Å². The Morgan fingerprint density at radius 2 is 2.07 bits per heavy atom. The van der Waals surface area contributed by atoms with E-state index in [9.17, 15) is 9.18 Å². The molecule has 0 spiro atoms. The topological polar surface area (TPSA) is 68.5 Å². The zero-order chi connectivity index (χ0) is 20.2. The van der Waals surface area contributed by atoms with Crippen molar-refractivity contribution in [3.63, 3.8) is 0 Å². The van der Waals surface area contributed by atoms with Crippen LogP contribution in [0.4, 0.5) is 4.39 Å². The van der Waals surface area contributed by atoms with Gasteiger partial charge in [-0.2, -0.15) is 0 Å². The van der Waals surface area contributed by atoms with Crippen LogP contribution in [0.3, 0.4) is 0 Å². The van der Waals surface area contributed by atoms with E-state index in [4.69, 9.17) is 9.26 Å². The average molecular weight is 395 g/mol. The Balaban J connectivity index is 1.45. The first-order chi connectivity index (χ1) is 14.1. The Morgan fingerprint density at radius 1 is 1.24 bits per heavy atom. The quantitative estimate of drug-likeness (QED) is 0.638. The fourth-order valence-corrected chi connectivity index (χ4v) is 3.53. The molecule has 0 bridgehead atoms. The summed E-state index contributed by atoms with van der Waals surface area (Å²) in [4.78, 5) is 19.0. The van der Waals surface area contributed by atoms with Crippen LogP contribution in [0.5, 0.6) is 5.75 Å². The molecule has 150 valence electrons. The molecule has 7 heteroatoms. The van der Waals surface area contributed by atoms with E-state index in [1.165, 1.54) is 12.1 Å². The number of aromatic nitrogens is 2. The number of piperidine rings is 1. The van der Waals surface area contributed by atoms with Crippen molar-refractivity contribution >= 4 is 5.91 Å². The van der Waals surface area contributed by atoms with E-state index < -0.39 is 0 Å². The summed E-state index contributed by atoms with van der Waals surface area (Å²) in [5, 5.41) is 3.94. The first-order valence-electron chi connectivity index (χ1n) is 9.67. The van der Waals surface area contributed by atoms with E-state index in [2.05, 4.69) is 10.1 Å². The zero-order valence-electron chi connectivity index (χ0n) is 16.2. The summed E-state index contributed by atoms with van der Waals surface area (Å²) < 4.78 is 24.2. The summed E-state index contributed by atoms with van der Waals surface area (Å²) in [6, 6.07) is 11.5. The number of carbonyl (C=O) groups excluding carboxylic acids is 1. The van der Waals surface area contributed by atoms with Gasteiger partial charge in [0.1, 0.15) is 18.2 Å².